The standard InChI is InChI=1S/C19H27N3O4/c1-12(23)21-16-4-2-13(3-5-16)8-20-19(26)11-22-9-14-6-17(24)18(25)7-15(14)10-22/h2-5,14-15,17-18,24-25H,6-11H2,1H3,(H,20,26)(H,21,23)/t14-,15+,17-,18-/m0/s1. The molecule has 7 heteroatoms. The molecule has 7 nitrogen and oxygen atoms in total. The molecule has 1 aromatic carbocycles. The van der Waals surface area contributed by atoms with Gasteiger partial charge >= 0.3 is 0 Å². The van der Waals surface area contributed by atoms with Gasteiger partial charge in [-0.05, 0) is 42.4 Å². The van der Waals surface area contributed by atoms with Crippen LogP contribution in [0.4, 0.5) is 5.69 Å². The molecule has 2 aliphatic rings. The monoisotopic (exact) mass is 361 g/mol. The number of likely N-dealkylation sites (tertiary alicyclic amines) is 1. The number of aliphatic hydroxyl groups excluding tert-OH is 2. The number of fused-ring (bicyclic) bond motifs is 1. The van der Waals surface area contributed by atoms with Gasteiger partial charge in [0.1, 0.15) is 0 Å². The van der Waals surface area contributed by atoms with E-state index in [-0.39, 0.29) is 11.8 Å². The number of nitrogens with one attached hydrogen (secondary N) is 2. The number of amides is 2. The molecule has 0 bridgehead atoms. The summed E-state index contributed by atoms with van der Waals surface area (Å²) in [5.74, 6) is 0.581. The number of hydrogen-bond acceptors (Lipinski definition) is 5. The molecule has 2 amide bonds. The molecular formula is C19H27N3O4. The Labute approximate surface area is 153 Å². The third kappa shape index (κ3) is 4.81. The number of rotatable bonds is 5. The highest BCUT2D eigenvalue weighted by atomic mass is 16.3. The van der Waals surface area contributed by atoms with Crippen molar-refractivity contribution in [3.63, 3.8) is 0 Å². The first-order chi connectivity index (χ1) is 12.4. The van der Waals surface area contributed by atoms with Crippen molar-refractivity contribution in [2.75, 3.05) is 25.0 Å². The number of carbonyl (C=O) groups is 2. The van der Waals surface area contributed by atoms with Crippen LogP contribution in [-0.4, -0.2) is 58.8 Å². The molecule has 142 valence electrons. The lowest BCUT2D eigenvalue weighted by Crippen LogP contribution is -2.38. The summed E-state index contributed by atoms with van der Waals surface area (Å²) in [6.45, 7) is 3.84. The second-order valence-electron chi connectivity index (χ2n) is 7.48. The van der Waals surface area contributed by atoms with Crippen molar-refractivity contribution in [2.24, 2.45) is 11.8 Å². The number of hydrogen-bond donors (Lipinski definition) is 4. The maximum Gasteiger partial charge on any atom is 0.234 e. The van der Waals surface area contributed by atoms with Gasteiger partial charge in [-0.25, -0.2) is 0 Å². The van der Waals surface area contributed by atoms with Crippen LogP contribution in [0.5, 0.6) is 0 Å². The van der Waals surface area contributed by atoms with Gasteiger partial charge in [-0.3, -0.25) is 14.5 Å². The Kier molecular flexibility index (Phi) is 5.90. The summed E-state index contributed by atoms with van der Waals surface area (Å²) in [6.07, 6.45) is -0.0363. The van der Waals surface area contributed by atoms with Crippen molar-refractivity contribution < 1.29 is 19.8 Å². The number of nitrogens with zero attached hydrogens (tertiary/aromatic N) is 1. The fourth-order valence-electron chi connectivity index (χ4n) is 4.00. The zero-order chi connectivity index (χ0) is 18.7. The fourth-order valence-corrected chi connectivity index (χ4v) is 4.00. The molecular weight excluding hydrogens is 334 g/mol. The van der Waals surface area contributed by atoms with E-state index in [1.54, 1.807) is 0 Å². The molecule has 0 spiro atoms. The van der Waals surface area contributed by atoms with Crippen LogP contribution >= 0.6 is 0 Å². The number of aliphatic hydroxyl groups is 2. The number of carbonyl (C=O) groups excluding carboxylic acids is 2. The summed E-state index contributed by atoms with van der Waals surface area (Å²) in [7, 11) is 0. The predicted molar refractivity (Wildman–Crippen MR) is 97.3 cm³/mol. The summed E-state index contributed by atoms with van der Waals surface area (Å²) in [6, 6.07) is 7.37. The smallest absolute Gasteiger partial charge is 0.234 e. The molecule has 1 heterocycles. The highest BCUT2D eigenvalue weighted by Gasteiger charge is 2.41. The van der Waals surface area contributed by atoms with Crippen LogP contribution in [0.1, 0.15) is 25.3 Å². The van der Waals surface area contributed by atoms with Crippen molar-refractivity contribution in [2.45, 2.75) is 38.5 Å². The summed E-state index contributed by atoms with van der Waals surface area (Å²) >= 11 is 0. The first-order valence-corrected chi connectivity index (χ1v) is 9.12. The molecule has 4 atom stereocenters. The van der Waals surface area contributed by atoms with Gasteiger partial charge in [0.25, 0.3) is 0 Å². The Morgan fingerprint density at radius 1 is 1.08 bits per heavy atom. The fraction of sp³-hybridized carbons (Fsp3) is 0.579. The third-order valence-corrected chi connectivity index (χ3v) is 5.32. The van der Waals surface area contributed by atoms with Crippen molar-refractivity contribution in [1.29, 1.82) is 0 Å². The first-order valence-electron chi connectivity index (χ1n) is 9.12. The van der Waals surface area contributed by atoms with Gasteiger partial charge in [0.05, 0.1) is 18.8 Å². The summed E-state index contributed by atoms with van der Waals surface area (Å²) in [4.78, 5) is 25.3. The highest BCUT2D eigenvalue weighted by molar-refractivity contribution is 5.88. The molecule has 26 heavy (non-hydrogen) atoms. The highest BCUT2D eigenvalue weighted by Crippen LogP contribution is 2.36. The van der Waals surface area contributed by atoms with Gasteiger partial charge in [-0.1, -0.05) is 12.1 Å². The molecule has 1 saturated heterocycles. The Morgan fingerprint density at radius 3 is 2.19 bits per heavy atom. The predicted octanol–water partition coefficient (Wildman–Crippen LogP) is 0.325. The van der Waals surface area contributed by atoms with E-state index in [0.29, 0.717) is 37.8 Å². The normalized spacial score (nSPS) is 28.4. The molecule has 0 aromatic heterocycles. The zero-order valence-electron chi connectivity index (χ0n) is 15.0. The summed E-state index contributed by atoms with van der Waals surface area (Å²) in [5, 5.41) is 25.2. The van der Waals surface area contributed by atoms with E-state index in [9.17, 15) is 19.8 Å². The van der Waals surface area contributed by atoms with Crippen LogP contribution in [0.3, 0.4) is 0 Å². The van der Waals surface area contributed by atoms with Crippen molar-refractivity contribution in [3.05, 3.63) is 29.8 Å². The number of benzene rings is 1. The van der Waals surface area contributed by atoms with E-state index in [1.807, 2.05) is 24.3 Å². The van der Waals surface area contributed by atoms with E-state index in [1.165, 1.54) is 6.92 Å². The van der Waals surface area contributed by atoms with Crippen molar-refractivity contribution in [3.8, 4) is 0 Å². The first kappa shape index (κ1) is 18.8. The van der Waals surface area contributed by atoms with E-state index in [4.69, 9.17) is 0 Å². The maximum atomic E-state index is 12.2. The topological polar surface area (TPSA) is 102 Å². The van der Waals surface area contributed by atoms with Crippen LogP contribution in [0, 0.1) is 11.8 Å². The van der Waals surface area contributed by atoms with Gasteiger partial charge in [0.2, 0.25) is 11.8 Å². The summed E-state index contributed by atoms with van der Waals surface area (Å²) < 4.78 is 0. The molecule has 1 aliphatic carbocycles. The quantitative estimate of drug-likeness (QED) is 0.605. The van der Waals surface area contributed by atoms with Crippen LogP contribution in [0.15, 0.2) is 24.3 Å². The van der Waals surface area contributed by atoms with Gasteiger partial charge in [-0.15, -0.1) is 0 Å². The number of anilines is 1. The Hall–Kier alpha value is -1.96. The van der Waals surface area contributed by atoms with Crippen LogP contribution in [0.2, 0.25) is 0 Å². The minimum Gasteiger partial charge on any atom is -0.390 e. The minimum absolute atomic E-state index is 0.0318. The zero-order valence-corrected chi connectivity index (χ0v) is 15.0. The van der Waals surface area contributed by atoms with Gasteiger partial charge in [0.15, 0.2) is 0 Å². The maximum absolute atomic E-state index is 12.2. The molecule has 3 rings (SSSR count). The van der Waals surface area contributed by atoms with E-state index in [0.717, 1.165) is 24.3 Å². The second-order valence-corrected chi connectivity index (χ2v) is 7.48. The van der Waals surface area contributed by atoms with Gasteiger partial charge < -0.3 is 20.8 Å². The van der Waals surface area contributed by atoms with Crippen LogP contribution in [0.25, 0.3) is 0 Å². The molecule has 4 N–H and O–H groups in total. The Morgan fingerprint density at radius 2 is 1.65 bits per heavy atom. The van der Waals surface area contributed by atoms with E-state index in [2.05, 4.69) is 15.5 Å². The Bertz CT molecular complexity index is 631. The second kappa shape index (κ2) is 8.16. The lowest BCUT2D eigenvalue weighted by Gasteiger charge is -2.32. The van der Waals surface area contributed by atoms with Gasteiger partial charge in [0, 0.05) is 32.2 Å². The van der Waals surface area contributed by atoms with Crippen molar-refractivity contribution >= 4 is 17.5 Å². The van der Waals surface area contributed by atoms with Crippen molar-refractivity contribution in [1.82, 2.24) is 10.2 Å². The Balaban J connectivity index is 1.43. The molecule has 0 radical (unpaired) electrons. The molecule has 1 aromatic rings. The molecule has 1 aliphatic heterocycles. The minimum atomic E-state index is -0.634. The molecule has 2 fully saturated rings. The third-order valence-electron chi connectivity index (χ3n) is 5.32. The lowest BCUT2D eigenvalue weighted by molar-refractivity contribution is -0.122. The van der Waals surface area contributed by atoms with Crippen LogP contribution < -0.4 is 10.6 Å². The average Bonchev–Trinajstić information content (AvgIpc) is 2.95. The summed E-state index contributed by atoms with van der Waals surface area (Å²) in [5.41, 5.74) is 1.70. The average molecular weight is 361 g/mol. The molecule has 1 saturated carbocycles. The molecule has 0 unspecified atom stereocenters. The van der Waals surface area contributed by atoms with E-state index < -0.39 is 12.2 Å². The van der Waals surface area contributed by atoms with Crippen LogP contribution in [-0.2, 0) is 16.1 Å². The van der Waals surface area contributed by atoms with E-state index >= 15 is 0 Å². The SMILES string of the molecule is CC(=O)Nc1ccc(CNC(=O)CN2C[C@H]3C[C@H](O)[C@@H](O)C[C@H]3C2)cc1. The lowest BCUT2D eigenvalue weighted by atomic mass is 9.79. The van der Waals surface area contributed by atoms with Gasteiger partial charge in [-0.2, -0.15) is 0 Å². The largest absolute Gasteiger partial charge is 0.390 e.